The summed E-state index contributed by atoms with van der Waals surface area (Å²) < 4.78 is 5.69. The molecule has 1 unspecified atom stereocenters. The molecule has 1 rings (SSSR count). The van der Waals surface area contributed by atoms with Crippen molar-refractivity contribution in [1.82, 2.24) is 15.5 Å². The van der Waals surface area contributed by atoms with E-state index < -0.39 is 0 Å². The molecule has 0 aromatic carbocycles. The zero-order valence-electron chi connectivity index (χ0n) is 13.9. The summed E-state index contributed by atoms with van der Waals surface area (Å²) in [5.74, 6) is 1.77. The van der Waals surface area contributed by atoms with Crippen LogP contribution in [0.15, 0.2) is 27.8 Å². The number of furan rings is 1. The largest absolute Gasteiger partial charge is 0.468 e. The fourth-order valence-corrected chi connectivity index (χ4v) is 2.02. The predicted octanol–water partition coefficient (Wildman–Crippen LogP) is 2.19. The van der Waals surface area contributed by atoms with E-state index in [1.54, 1.807) is 13.3 Å². The molecule has 0 radical (unpaired) electrons. The van der Waals surface area contributed by atoms with Crippen LogP contribution < -0.4 is 10.6 Å². The lowest BCUT2D eigenvalue weighted by Gasteiger charge is -2.26. The third-order valence-electron chi connectivity index (χ3n) is 3.42. The summed E-state index contributed by atoms with van der Waals surface area (Å²) in [4.78, 5) is 6.40. The maximum absolute atomic E-state index is 5.51. The molecule has 0 saturated carbocycles. The van der Waals surface area contributed by atoms with E-state index in [9.17, 15) is 0 Å². The van der Waals surface area contributed by atoms with Crippen LogP contribution in [0.25, 0.3) is 0 Å². The molecule has 0 aliphatic heterocycles. The van der Waals surface area contributed by atoms with Crippen LogP contribution in [0.1, 0.15) is 25.6 Å². The molecule has 0 aliphatic carbocycles. The van der Waals surface area contributed by atoms with Gasteiger partial charge in [-0.25, -0.2) is 0 Å². The van der Waals surface area contributed by atoms with E-state index in [-0.39, 0.29) is 10.8 Å². The number of hydrogen-bond donors (Lipinski definition) is 2. The lowest BCUT2D eigenvalue weighted by Crippen LogP contribution is -2.45. The molecule has 2 N–H and O–H groups in total. The Bertz CT molecular complexity index is 429. The molecule has 6 heteroatoms. The Labute approximate surface area is 132 Å². The van der Waals surface area contributed by atoms with E-state index in [0.717, 1.165) is 24.8 Å². The van der Waals surface area contributed by atoms with Crippen molar-refractivity contribution in [3.8, 4) is 0 Å². The monoisotopic (exact) mass is 312 g/mol. The Morgan fingerprint density at radius 3 is 2.62 bits per heavy atom. The van der Waals surface area contributed by atoms with Crippen molar-refractivity contribution >= 4 is 17.7 Å². The maximum atomic E-state index is 5.51. The van der Waals surface area contributed by atoms with Crippen LogP contribution in [0.3, 0.4) is 0 Å². The summed E-state index contributed by atoms with van der Waals surface area (Å²) in [6.45, 7) is 6.02. The van der Waals surface area contributed by atoms with Crippen molar-refractivity contribution < 1.29 is 4.42 Å². The highest BCUT2D eigenvalue weighted by molar-refractivity contribution is 7.99. The number of aliphatic imine (C=N–C) groups is 1. The van der Waals surface area contributed by atoms with Crippen LogP contribution in [-0.4, -0.2) is 56.1 Å². The standard InChI is InChI=1S/C15H28N4OS/c1-15(2,21-6)11-18-14(16-3)17-10-12(19(4)5)13-8-7-9-20-13/h7-9,12H,10-11H2,1-6H3,(H2,16,17,18). The summed E-state index contributed by atoms with van der Waals surface area (Å²) in [5, 5.41) is 6.73. The van der Waals surface area contributed by atoms with Crippen LogP contribution in [-0.2, 0) is 0 Å². The van der Waals surface area contributed by atoms with Gasteiger partial charge in [-0.15, -0.1) is 0 Å². The summed E-state index contributed by atoms with van der Waals surface area (Å²) in [6.07, 6.45) is 3.83. The normalized spacial score (nSPS) is 14.3. The van der Waals surface area contributed by atoms with E-state index in [1.165, 1.54) is 0 Å². The van der Waals surface area contributed by atoms with E-state index >= 15 is 0 Å². The highest BCUT2D eigenvalue weighted by Gasteiger charge is 2.19. The molecule has 0 aliphatic rings. The number of likely N-dealkylation sites (N-methyl/N-ethyl adjacent to an activating group) is 1. The first-order valence-corrected chi connectivity index (χ1v) is 8.31. The molecule has 0 fully saturated rings. The Balaban J connectivity index is 2.54. The number of thioether (sulfide) groups is 1. The summed E-state index contributed by atoms with van der Waals surface area (Å²) >= 11 is 1.84. The molecule has 0 saturated heterocycles. The molecule has 0 amide bonds. The molecule has 1 aromatic rings. The van der Waals surface area contributed by atoms with Crippen molar-refractivity contribution in [1.29, 1.82) is 0 Å². The van der Waals surface area contributed by atoms with Crippen molar-refractivity contribution in [3.63, 3.8) is 0 Å². The van der Waals surface area contributed by atoms with E-state index in [1.807, 2.05) is 38.0 Å². The van der Waals surface area contributed by atoms with Gasteiger partial charge in [0.25, 0.3) is 0 Å². The van der Waals surface area contributed by atoms with Gasteiger partial charge in [-0.3, -0.25) is 9.89 Å². The quantitative estimate of drug-likeness (QED) is 0.597. The second-order valence-corrected chi connectivity index (χ2v) is 7.28. The first kappa shape index (κ1) is 17.9. The van der Waals surface area contributed by atoms with Gasteiger partial charge in [0.05, 0.1) is 12.3 Å². The summed E-state index contributed by atoms with van der Waals surface area (Å²) in [5.41, 5.74) is 0. The van der Waals surface area contributed by atoms with Crippen LogP contribution in [0.4, 0.5) is 0 Å². The molecule has 120 valence electrons. The molecule has 21 heavy (non-hydrogen) atoms. The predicted molar refractivity (Wildman–Crippen MR) is 92.1 cm³/mol. The maximum Gasteiger partial charge on any atom is 0.191 e. The van der Waals surface area contributed by atoms with Crippen molar-refractivity contribution in [2.24, 2.45) is 4.99 Å². The molecular weight excluding hydrogens is 284 g/mol. The lowest BCUT2D eigenvalue weighted by molar-refractivity contribution is 0.258. The summed E-state index contributed by atoms with van der Waals surface area (Å²) in [7, 11) is 5.88. The lowest BCUT2D eigenvalue weighted by atomic mass is 10.2. The third kappa shape index (κ3) is 6.01. The first-order valence-electron chi connectivity index (χ1n) is 7.09. The van der Waals surface area contributed by atoms with Gasteiger partial charge in [-0.2, -0.15) is 11.8 Å². The number of rotatable bonds is 7. The van der Waals surface area contributed by atoms with E-state index in [4.69, 9.17) is 4.42 Å². The zero-order valence-corrected chi connectivity index (χ0v) is 14.8. The molecule has 1 aromatic heterocycles. The SMILES string of the molecule is CN=C(NCC(c1ccco1)N(C)C)NCC(C)(C)SC. The second kappa shape index (κ2) is 8.34. The van der Waals surface area contributed by atoms with Gasteiger partial charge in [-0.1, -0.05) is 0 Å². The molecule has 1 atom stereocenters. The minimum Gasteiger partial charge on any atom is -0.468 e. The minimum absolute atomic E-state index is 0.173. The van der Waals surface area contributed by atoms with Crippen LogP contribution in [0.2, 0.25) is 0 Å². The smallest absolute Gasteiger partial charge is 0.191 e. The first-order chi connectivity index (χ1) is 9.89. The Morgan fingerprint density at radius 1 is 1.43 bits per heavy atom. The zero-order chi connectivity index (χ0) is 15.9. The number of guanidine groups is 1. The number of hydrogen-bond acceptors (Lipinski definition) is 4. The Hall–Kier alpha value is -1.14. The van der Waals surface area contributed by atoms with Gasteiger partial charge in [0.1, 0.15) is 5.76 Å². The average molecular weight is 312 g/mol. The molecule has 0 bridgehead atoms. The topological polar surface area (TPSA) is 52.8 Å². The van der Waals surface area contributed by atoms with Gasteiger partial charge >= 0.3 is 0 Å². The molecule has 5 nitrogen and oxygen atoms in total. The van der Waals surface area contributed by atoms with Crippen LogP contribution >= 0.6 is 11.8 Å². The third-order valence-corrected chi connectivity index (χ3v) is 4.67. The fraction of sp³-hybridized carbons (Fsp3) is 0.667. The number of nitrogens with one attached hydrogen (secondary N) is 2. The fourth-order valence-electron chi connectivity index (χ4n) is 1.80. The van der Waals surface area contributed by atoms with Crippen molar-refractivity contribution in [2.45, 2.75) is 24.6 Å². The molecular formula is C15H28N4OS. The van der Waals surface area contributed by atoms with Gasteiger partial charge in [0.15, 0.2) is 5.96 Å². The van der Waals surface area contributed by atoms with Gasteiger partial charge in [0.2, 0.25) is 0 Å². The van der Waals surface area contributed by atoms with Gasteiger partial charge in [0, 0.05) is 24.9 Å². The highest BCUT2D eigenvalue weighted by atomic mass is 32.2. The molecule has 1 heterocycles. The van der Waals surface area contributed by atoms with Crippen LogP contribution in [0.5, 0.6) is 0 Å². The van der Waals surface area contributed by atoms with E-state index in [2.05, 4.69) is 40.6 Å². The Kier molecular flexibility index (Phi) is 7.11. The Morgan fingerprint density at radius 2 is 2.14 bits per heavy atom. The second-order valence-electron chi connectivity index (χ2n) is 5.77. The van der Waals surface area contributed by atoms with Crippen molar-refractivity contribution in [2.75, 3.05) is 40.5 Å². The minimum atomic E-state index is 0.173. The number of nitrogens with zero attached hydrogens (tertiary/aromatic N) is 2. The van der Waals surface area contributed by atoms with E-state index in [0.29, 0.717) is 0 Å². The van der Waals surface area contributed by atoms with Gasteiger partial charge < -0.3 is 15.1 Å². The highest BCUT2D eigenvalue weighted by Crippen LogP contribution is 2.19. The molecule has 0 spiro atoms. The van der Waals surface area contributed by atoms with Crippen molar-refractivity contribution in [3.05, 3.63) is 24.2 Å². The van der Waals surface area contributed by atoms with Crippen LogP contribution in [0, 0.1) is 0 Å². The van der Waals surface area contributed by atoms with Gasteiger partial charge in [-0.05, 0) is 46.3 Å². The average Bonchev–Trinajstić information content (AvgIpc) is 2.96. The summed E-state index contributed by atoms with van der Waals surface area (Å²) in [6, 6.07) is 4.09.